The molecule has 0 heterocycles. The van der Waals surface area contributed by atoms with Gasteiger partial charge in [0.1, 0.15) is 12.4 Å². The van der Waals surface area contributed by atoms with Gasteiger partial charge in [0.15, 0.2) is 0 Å². The average molecular weight is 237 g/mol. The van der Waals surface area contributed by atoms with Gasteiger partial charge in [-0.25, -0.2) is 0 Å². The van der Waals surface area contributed by atoms with E-state index in [0.29, 0.717) is 6.61 Å². The molecule has 1 N–H and O–H groups in total. The van der Waals surface area contributed by atoms with E-state index in [2.05, 4.69) is 24.9 Å². The smallest absolute Gasteiger partial charge is 0.119 e. The van der Waals surface area contributed by atoms with Crippen LogP contribution in [0.25, 0.3) is 0 Å². The summed E-state index contributed by atoms with van der Waals surface area (Å²) in [5, 5.41) is 8.69. The van der Waals surface area contributed by atoms with Gasteiger partial charge in [-0.05, 0) is 51.1 Å². The number of aryl methyl sites for hydroxylation is 1. The van der Waals surface area contributed by atoms with Crippen LogP contribution >= 0.6 is 0 Å². The normalized spacial score (nSPS) is 10.8. The second-order valence-corrected chi connectivity index (χ2v) is 4.40. The lowest BCUT2D eigenvalue weighted by Gasteiger charge is -2.16. The first-order chi connectivity index (χ1) is 8.22. The van der Waals surface area contributed by atoms with Gasteiger partial charge < -0.3 is 14.7 Å². The minimum Gasteiger partial charge on any atom is -0.492 e. The first-order valence-electron chi connectivity index (χ1n) is 6.21. The third-order valence-corrected chi connectivity index (χ3v) is 2.68. The fourth-order valence-corrected chi connectivity index (χ4v) is 1.63. The Hall–Kier alpha value is -1.06. The lowest BCUT2D eigenvalue weighted by Crippen LogP contribution is -2.25. The maximum Gasteiger partial charge on any atom is 0.119 e. The zero-order chi connectivity index (χ0) is 12.5. The van der Waals surface area contributed by atoms with Gasteiger partial charge >= 0.3 is 0 Å². The average Bonchev–Trinajstić information content (AvgIpc) is 2.29. The predicted octanol–water partition coefficient (Wildman–Crippen LogP) is 2.08. The minimum absolute atomic E-state index is 0.285. The molecule has 0 unspecified atom stereocenters. The second kappa shape index (κ2) is 8.09. The third kappa shape index (κ3) is 6.29. The summed E-state index contributed by atoms with van der Waals surface area (Å²) in [6, 6.07) is 8.11. The Morgan fingerprint density at radius 2 is 2.06 bits per heavy atom. The molecule has 0 aliphatic heterocycles. The molecule has 0 saturated heterocycles. The van der Waals surface area contributed by atoms with Crippen LogP contribution in [-0.2, 0) is 0 Å². The zero-order valence-electron chi connectivity index (χ0n) is 10.9. The van der Waals surface area contributed by atoms with E-state index in [1.807, 2.05) is 18.2 Å². The molecule has 96 valence electrons. The molecule has 0 aliphatic carbocycles. The summed E-state index contributed by atoms with van der Waals surface area (Å²) in [4.78, 5) is 2.23. The standard InChI is InChI=1S/C14H23NO2/c1-13-6-5-7-14(12-13)17-11-9-15(2)8-3-4-10-16/h5-7,12,16H,3-4,8-11H2,1-2H3. The van der Waals surface area contributed by atoms with Gasteiger partial charge in [-0.2, -0.15) is 0 Å². The van der Waals surface area contributed by atoms with Gasteiger partial charge in [-0.3, -0.25) is 0 Å². The number of aliphatic hydroxyl groups excluding tert-OH is 1. The fourth-order valence-electron chi connectivity index (χ4n) is 1.63. The van der Waals surface area contributed by atoms with Gasteiger partial charge in [0.25, 0.3) is 0 Å². The molecule has 0 fully saturated rings. The van der Waals surface area contributed by atoms with E-state index in [4.69, 9.17) is 9.84 Å². The van der Waals surface area contributed by atoms with Crippen molar-refractivity contribution in [1.29, 1.82) is 0 Å². The van der Waals surface area contributed by atoms with E-state index in [-0.39, 0.29) is 6.61 Å². The molecule has 0 aliphatic rings. The number of ether oxygens (including phenoxy) is 1. The number of aliphatic hydroxyl groups is 1. The monoisotopic (exact) mass is 237 g/mol. The number of hydrogen-bond donors (Lipinski definition) is 1. The summed E-state index contributed by atoms with van der Waals surface area (Å²) < 4.78 is 5.67. The van der Waals surface area contributed by atoms with Crippen molar-refractivity contribution in [2.24, 2.45) is 0 Å². The Morgan fingerprint density at radius 1 is 1.24 bits per heavy atom. The lowest BCUT2D eigenvalue weighted by atomic mass is 10.2. The number of unbranched alkanes of at least 4 members (excludes halogenated alkanes) is 1. The molecule has 0 radical (unpaired) electrons. The minimum atomic E-state index is 0.285. The van der Waals surface area contributed by atoms with Crippen molar-refractivity contribution in [3.8, 4) is 5.75 Å². The maximum absolute atomic E-state index is 8.69. The first kappa shape index (κ1) is 14.0. The number of likely N-dealkylation sites (N-methyl/N-ethyl adjacent to an activating group) is 1. The van der Waals surface area contributed by atoms with E-state index in [1.54, 1.807) is 0 Å². The van der Waals surface area contributed by atoms with Crippen molar-refractivity contribution in [2.45, 2.75) is 19.8 Å². The predicted molar refractivity (Wildman–Crippen MR) is 70.5 cm³/mol. The summed E-state index contributed by atoms with van der Waals surface area (Å²) in [6.07, 6.45) is 1.92. The molecule has 1 rings (SSSR count). The Bertz CT molecular complexity index is 315. The van der Waals surface area contributed by atoms with Crippen molar-refractivity contribution in [1.82, 2.24) is 4.90 Å². The van der Waals surface area contributed by atoms with Crippen LogP contribution in [0, 0.1) is 6.92 Å². The highest BCUT2D eigenvalue weighted by atomic mass is 16.5. The Labute approximate surface area is 104 Å². The van der Waals surface area contributed by atoms with Gasteiger partial charge in [0, 0.05) is 13.2 Å². The molecule has 0 bridgehead atoms. The van der Waals surface area contributed by atoms with Crippen LogP contribution in [0.15, 0.2) is 24.3 Å². The number of benzene rings is 1. The number of nitrogens with zero attached hydrogens (tertiary/aromatic N) is 1. The van der Waals surface area contributed by atoms with Gasteiger partial charge in [-0.1, -0.05) is 12.1 Å². The molecule has 0 aromatic heterocycles. The third-order valence-electron chi connectivity index (χ3n) is 2.68. The largest absolute Gasteiger partial charge is 0.492 e. The summed E-state index contributed by atoms with van der Waals surface area (Å²) in [6.45, 7) is 4.98. The fraction of sp³-hybridized carbons (Fsp3) is 0.571. The van der Waals surface area contributed by atoms with E-state index in [9.17, 15) is 0 Å². The van der Waals surface area contributed by atoms with E-state index in [1.165, 1.54) is 5.56 Å². The van der Waals surface area contributed by atoms with Gasteiger partial charge in [0.2, 0.25) is 0 Å². The molecule has 0 spiro atoms. The van der Waals surface area contributed by atoms with Crippen LogP contribution < -0.4 is 4.74 Å². The molecule has 3 heteroatoms. The van der Waals surface area contributed by atoms with Crippen molar-refractivity contribution < 1.29 is 9.84 Å². The van der Waals surface area contributed by atoms with E-state index in [0.717, 1.165) is 31.7 Å². The van der Waals surface area contributed by atoms with E-state index >= 15 is 0 Å². The topological polar surface area (TPSA) is 32.7 Å². The van der Waals surface area contributed by atoms with Gasteiger partial charge in [0.05, 0.1) is 0 Å². The zero-order valence-corrected chi connectivity index (χ0v) is 10.9. The van der Waals surface area contributed by atoms with Crippen LogP contribution in [0.1, 0.15) is 18.4 Å². The molecule has 1 aromatic rings. The van der Waals surface area contributed by atoms with Crippen LogP contribution in [0.2, 0.25) is 0 Å². The maximum atomic E-state index is 8.69. The van der Waals surface area contributed by atoms with Crippen LogP contribution in [-0.4, -0.2) is 43.4 Å². The Kier molecular flexibility index (Phi) is 6.67. The quantitative estimate of drug-likeness (QED) is 0.703. The number of hydrogen-bond acceptors (Lipinski definition) is 3. The Morgan fingerprint density at radius 3 is 2.76 bits per heavy atom. The first-order valence-corrected chi connectivity index (χ1v) is 6.21. The molecular formula is C14H23NO2. The van der Waals surface area contributed by atoms with Crippen molar-refractivity contribution in [3.63, 3.8) is 0 Å². The number of rotatable bonds is 8. The highest BCUT2D eigenvalue weighted by Gasteiger charge is 1.99. The molecule has 0 amide bonds. The summed E-state index contributed by atoms with van der Waals surface area (Å²) in [7, 11) is 2.08. The molecule has 1 aromatic carbocycles. The van der Waals surface area contributed by atoms with Crippen molar-refractivity contribution in [2.75, 3.05) is 33.4 Å². The molecular weight excluding hydrogens is 214 g/mol. The summed E-state index contributed by atoms with van der Waals surface area (Å²) >= 11 is 0. The summed E-state index contributed by atoms with van der Waals surface area (Å²) in [5.41, 5.74) is 1.22. The van der Waals surface area contributed by atoms with Crippen LogP contribution in [0.3, 0.4) is 0 Å². The van der Waals surface area contributed by atoms with Crippen LogP contribution in [0.5, 0.6) is 5.75 Å². The van der Waals surface area contributed by atoms with Crippen molar-refractivity contribution >= 4 is 0 Å². The van der Waals surface area contributed by atoms with Gasteiger partial charge in [-0.15, -0.1) is 0 Å². The highest BCUT2D eigenvalue weighted by Crippen LogP contribution is 2.11. The Balaban J connectivity index is 2.14. The lowest BCUT2D eigenvalue weighted by molar-refractivity contribution is 0.225. The van der Waals surface area contributed by atoms with Crippen LogP contribution in [0.4, 0.5) is 0 Å². The molecule has 0 saturated carbocycles. The molecule has 17 heavy (non-hydrogen) atoms. The summed E-state index contributed by atoms with van der Waals surface area (Å²) in [5.74, 6) is 0.939. The van der Waals surface area contributed by atoms with E-state index < -0.39 is 0 Å². The molecule has 0 atom stereocenters. The second-order valence-electron chi connectivity index (χ2n) is 4.40. The van der Waals surface area contributed by atoms with Crippen molar-refractivity contribution in [3.05, 3.63) is 29.8 Å². The molecule has 3 nitrogen and oxygen atoms in total. The highest BCUT2D eigenvalue weighted by molar-refractivity contribution is 5.27. The SMILES string of the molecule is Cc1cccc(OCCN(C)CCCCO)c1.